The van der Waals surface area contributed by atoms with Gasteiger partial charge in [-0.2, -0.15) is 0 Å². The van der Waals surface area contributed by atoms with Gasteiger partial charge in [0.25, 0.3) is 6.43 Å². The Morgan fingerprint density at radius 3 is 2.80 bits per heavy atom. The van der Waals surface area contributed by atoms with E-state index in [0.717, 1.165) is 6.07 Å². The SMILES string of the molecule is O=C(O)c1cc(C(F)F)c2nc[nH]c2c1. The lowest BCUT2D eigenvalue weighted by Crippen LogP contribution is -1.98. The molecule has 4 nitrogen and oxygen atoms in total. The number of benzene rings is 1. The second kappa shape index (κ2) is 3.30. The molecule has 0 fully saturated rings. The van der Waals surface area contributed by atoms with Crippen LogP contribution in [0.25, 0.3) is 11.0 Å². The summed E-state index contributed by atoms with van der Waals surface area (Å²) in [5, 5.41) is 8.71. The molecule has 0 unspecified atom stereocenters. The van der Waals surface area contributed by atoms with Crippen LogP contribution < -0.4 is 0 Å². The van der Waals surface area contributed by atoms with Crippen LogP contribution in [0.3, 0.4) is 0 Å². The zero-order valence-electron chi connectivity index (χ0n) is 7.37. The number of imidazole rings is 1. The maximum Gasteiger partial charge on any atom is 0.335 e. The Bertz CT molecular complexity index is 522. The Morgan fingerprint density at radius 1 is 1.47 bits per heavy atom. The zero-order valence-corrected chi connectivity index (χ0v) is 7.37. The highest BCUT2D eigenvalue weighted by Crippen LogP contribution is 2.27. The Labute approximate surface area is 82.6 Å². The third-order valence-corrected chi connectivity index (χ3v) is 2.04. The fourth-order valence-corrected chi connectivity index (χ4v) is 1.37. The number of aromatic nitrogens is 2. The van der Waals surface area contributed by atoms with Crippen molar-refractivity contribution in [2.45, 2.75) is 6.43 Å². The van der Waals surface area contributed by atoms with Crippen molar-refractivity contribution in [2.24, 2.45) is 0 Å². The van der Waals surface area contributed by atoms with Gasteiger partial charge in [0.1, 0.15) is 0 Å². The van der Waals surface area contributed by atoms with Crippen LogP contribution in [-0.4, -0.2) is 21.0 Å². The van der Waals surface area contributed by atoms with E-state index in [0.29, 0.717) is 5.52 Å². The van der Waals surface area contributed by atoms with Gasteiger partial charge in [0.2, 0.25) is 0 Å². The third kappa shape index (κ3) is 1.54. The van der Waals surface area contributed by atoms with Gasteiger partial charge < -0.3 is 10.1 Å². The van der Waals surface area contributed by atoms with Gasteiger partial charge in [0.15, 0.2) is 0 Å². The molecule has 0 atom stereocenters. The summed E-state index contributed by atoms with van der Waals surface area (Å²) in [6.07, 6.45) is -1.49. The number of aromatic carboxylic acids is 1. The van der Waals surface area contributed by atoms with Crippen molar-refractivity contribution in [1.82, 2.24) is 9.97 Å². The average molecular weight is 212 g/mol. The fraction of sp³-hybridized carbons (Fsp3) is 0.111. The highest BCUT2D eigenvalue weighted by atomic mass is 19.3. The Hall–Kier alpha value is -1.98. The Kier molecular flexibility index (Phi) is 2.11. The number of carboxylic acids is 1. The predicted octanol–water partition coefficient (Wildman–Crippen LogP) is 2.20. The van der Waals surface area contributed by atoms with Gasteiger partial charge in [0, 0.05) is 5.56 Å². The fourth-order valence-electron chi connectivity index (χ4n) is 1.37. The lowest BCUT2D eigenvalue weighted by atomic mass is 10.1. The lowest BCUT2D eigenvalue weighted by Gasteiger charge is -2.02. The summed E-state index contributed by atoms with van der Waals surface area (Å²) in [4.78, 5) is 17.0. The minimum absolute atomic E-state index is 0.106. The molecule has 1 heterocycles. The molecule has 1 aromatic heterocycles. The molecule has 78 valence electrons. The van der Waals surface area contributed by atoms with Crippen LogP contribution in [0.4, 0.5) is 8.78 Å². The number of carbonyl (C=O) groups is 1. The molecule has 0 spiro atoms. The minimum Gasteiger partial charge on any atom is -0.478 e. The molecule has 2 rings (SSSR count). The van der Waals surface area contributed by atoms with E-state index in [1.54, 1.807) is 0 Å². The summed E-state index contributed by atoms with van der Waals surface area (Å²) in [5.41, 5.74) is -0.145. The van der Waals surface area contributed by atoms with Crippen molar-refractivity contribution in [3.05, 3.63) is 29.6 Å². The van der Waals surface area contributed by atoms with Gasteiger partial charge in [-0.15, -0.1) is 0 Å². The van der Waals surface area contributed by atoms with Crippen molar-refractivity contribution >= 4 is 17.0 Å². The maximum absolute atomic E-state index is 12.6. The van der Waals surface area contributed by atoms with E-state index < -0.39 is 12.4 Å². The summed E-state index contributed by atoms with van der Waals surface area (Å²) >= 11 is 0. The average Bonchev–Trinajstić information content (AvgIpc) is 2.62. The molecule has 6 heteroatoms. The predicted molar refractivity (Wildman–Crippen MR) is 48.0 cm³/mol. The molecule has 1 aromatic carbocycles. The van der Waals surface area contributed by atoms with Gasteiger partial charge in [0.05, 0.1) is 22.9 Å². The standard InChI is InChI=1S/C9H6F2N2O2/c10-8(11)5-1-4(9(14)15)2-6-7(5)13-3-12-6/h1-3,8H,(H,12,13)(H,14,15). The normalized spacial score (nSPS) is 11.1. The van der Waals surface area contributed by atoms with E-state index in [-0.39, 0.29) is 16.6 Å². The van der Waals surface area contributed by atoms with E-state index in [1.807, 2.05) is 0 Å². The number of hydrogen-bond acceptors (Lipinski definition) is 2. The number of nitrogens with zero attached hydrogens (tertiary/aromatic N) is 1. The number of fused-ring (bicyclic) bond motifs is 1. The number of aromatic amines is 1. The monoisotopic (exact) mass is 212 g/mol. The minimum atomic E-state index is -2.74. The molecule has 0 aliphatic rings. The van der Waals surface area contributed by atoms with E-state index in [9.17, 15) is 13.6 Å². The first-order valence-electron chi connectivity index (χ1n) is 4.08. The van der Waals surface area contributed by atoms with E-state index >= 15 is 0 Å². The number of nitrogens with one attached hydrogen (secondary N) is 1. The third-order valence-electron chi connectivity index (χ3n) is 2.04. The Morgan fingerprint density at radius 2 is 2.20 bits per heavy atom. The quantitative estimate of drug-likeness (QED) is 0.801. The van der Waals surface area contributed by atoms with Gasteiger partial charge >= 0.3 is 5.97 Å². The van der Waals surface area contributed by atoms with E-state index in [2.05, 4.69) is 9.97 Å². The first-order chi connectivity index (χ1) is 7.09. The molecule has 0 aliphatic carbocycles. The zero-order chi connectivity index (χ0) is 11.0. The highest BCUT2D eigenvalue weighted by molar-refractivity contribution is 5.93. The highest BCUT2D eigenvalue weighted by Gasteiger charge is 2.17. The van der Waals surface area contributed by atoms with Crippen molar-refractivity contribution in [3.8, 4) is 0 Å². The van der Waals surface area contributed by atoms with Crippen LogP contribution in [0.1, 0.15) is 22.3 Å². The number of rotatable bonds is 2. The first kappa shape index (κ1) is 9.57. The van der Waals surface area contributed by atoms with E-state index in [4.69, 9.17) is 5.11 Å². The number of H-pyrrole nitrogens is 1. The van der Waals surface area contributed by atoms with Crippen LogP contribution in [0.5, 0.6) is 0 Å². The van der Waals surface area contributed by atoms with Gasteiger partial charge in [-0.05, 0) is 12.1 Å². The van der Waals surface area contributed by atoms with E-state index in [1.165, 1.54) is 12.4 Å². The molecule has 0 radical (unpaired) electrons. The first-order valence-corrected chi connectivity index (χ1v) is 4.08. The van der Waals surface area contributed by atoms with Crippen molar-refractivity contribution in [1.29, 1.82) is 0 Å². The number of hydrogen-bond donors (Lipinski definition) is 2. The molecule has 0 saturated carbocycles. The summed E-state index contributed by atoms with van der Waals surface area (Å²) in [5.74, 6) is -1.24. The number of alkyl halides is 2. The smallest absolute Gasteiger partial charge is 0.335 e. The van der Waals surface area contributed by atoms with Crippen LogP contribution in [-0.2, 0) is 0 Å². The second-order valence-electron chi connectivity index (χ2n) is 2.97. The van der Waals surface area contributed by atoms with Gasteiger partial charge in [-0.3, -0.25) is 0 Å². The van der Waals surface area contributed by atoms with Crippen molar-refractivity contribution in [3.63, 3.8) is 0 Å². The molecular formula is C9H6F2N2O2. The van der Waals surface area contributed by atoms with Crippen LogP contribution >= 0.6 is 0 Å². The molecule has 0 saturated heterocycles. The van der Waals surface area contributed by atoms with Crippen LogP contribution in [0, 0.1) is 0 Å². The van der Waals surface area contributed by atoms with Crippen molar-refractivity contribution in [2.75, 3.05) is 0 Å². The summed E-state index contributed by atoms with van der Waals surface area (Å²) < 4.78 is 25.1. The molecular weight excluding hydrogens is 206 g/mol. The summed E-state index contributed by atoms with van der Waals surface area (Å²) in [6, 6.07) is 2.22. The molecule has 2 aromatic rings. The lowest BCUT2D eigenvalue weighted by molar-refractivity contribution is 0.0696. The molecule has 15 heavy (non-hydrogen) atoms. The maximum atomic E-state index is 12.6. The largest absolute Gasteiger partial charge is 0.478 e. The summed E-state index contributed by atoms with van der Waals surface area (Å²) in [7, 11) is 0. The number of halogens is 2. The molecule has 2 N–H and O–H groups in total. The van der Waals surface area contributed by atoms with Gasteiger partial charge in [-0.1, -0.05) is 0 Å². The molecule has 0 amide bonds. The van der Waals surface area contributed by atoms with Crippen LogP contribution in [0.15, 0.2) is 18.5 Å². The number of carboxylic acid groups (broad SMARTS) is 1. The van der Waals surface area contributed by atoms with Gasteiger partial charge in [-0.25, -0.2) is 18.6 Å². The molecule has 0 aliphatic heterocycles. The second-order valence-corrected chi connectivity index (χ2v) is 2.97. The summed E-state index contributed by atoms with van der Waals surface area (Å²) in [6.45, 7) is 0. The topological polar surface area (TPSA) is 66.0 Å². The van der Waals surface area contributed by atoms with Crippen molar-refractivity contribution < 1.29 is 18.7 Å². The molecule has 0 bridgehead atoms. The Balaban J connectivity index is 2.74. The van der Waals surface area contributed by atoms with Crippen LogP contribution in [0.2, 0.25) is 0 Å².